The maximum atomic E-state index is 11.6. The van der Waals surface area contributed by atoms with Crippen molar-refractivity contribution >= 4 is 17.5 Å². The Balaban J connectivity index is 2.41. The normalized spacial score (nSPS) is 12.2. The van der Waals surface area contributed by atoms with Gasteiger partial charge in [-0.2, -0.15) is 0 Å². The number of methoxy groups -OCH3 is 1. The Morgan fingerprint density at radius 3 is 2.82 bits per heavy atom. The number of hydrogen-bond donors (Lipinski definition) is 2. The number of ether oxygens (including phenoxy) is 1. The van der Waals surface area contributed by atoms with Crippen LogP contribution in [-0.2, 0) is 16.1 Å². The second kappa shape index (κ2) is 7.27. The third kappa shape index (κ3) is 4.73. The van der Waals surface area contributed by atoms with E-state index in [0.717, 1.165) is 5.56 Å². The van der Waals surface area contributed by atoms with Gasteiger partial charge in [0.15, 0.2) is 0 Å². The molecule has 1 atom stereocenters. The number of nitrogens with one attached hydrogen (secondary N) is 1. The van der Waals surface area contributed by atoms with E-state index >= 15 is 0 Å². The van der Waals surface area contributed by atoms with Crippen LogP contribution in [0, 0.1) is 0 Å². The number of amides is 1. The lowest BCUT2D eigenvalue weighted by Gasteiger charge is -2.12. The smallest absolute Gasteiger partial charge is 0.222 e. The summed E-state index contributed by atoms with van der Waals surface area (Å²) in [5, 5.41) is 3.43. The third-order valence-electron chi connectivity index (χ3n) is 2.44. The minimum Gasteiger partial charge on any atom is -0.380 e. The molecule has 0 bridgehead atoms. The summed E-state index contributed by atoms with van der Waals surface area (Å²) in [5.74, 6) is -0.0952. The molecule has 0 radical (unpaired) electrons. The zero-order valence-corrected chi connectivity index (χ0v) is 10.5. The Morgan fingerprint density at radius 2 is 2.24 bits per heavy atom. The minimum absolute atomic E-state index is 0.0952. The van der Waals surface area contributed by atoms with E-state index in [-0.39, 0.29) is 18.4 Å². The maximum absolute atomic E-state index is 11.6. The molecule has 17 heavy (non-hydrogen) atoms. The molecule has 0 aliphatic carbocycles. The van der Waals surface area contributed by atoms with Crippen molar-refractivity contribution in [2.75, 3.05) is 13.7 Å². The molecule has 94 valence electrons. The van der Waals surface area contributed by atoms with Crippen LogP contribution in [-0.4, -0.2) is 25.7 Å². The topological polar surface area (TPSA) is 64.3 Å². The lowest BCUT2D eigenvalue weighted by Crippen LogP contribution is -2.31. The van der Waals surface area contributed by atoms with Crippen molar-refractivity contribution in [1.82, 2.24) is 5.32 Å². The van der Waals surface area contributed by atoms with E-state index in [1.54, 1.807) is 13.2 Å². The molecule has 1 rings (SSSR count). The number of rotatable bonds is 6. The van der Waals surface area contributed by atoms with Crippen molar-refractivity contribution in [3.05, 3.63) is 34.9 Å². The second-order valence-corrected chi connectivity index (χ2v) is 4.07. The standard InChI is InChI=1S/C12H17ClN2O2/c1-17-10(7-14)6-12(16)15-8-9-4-2-3-5-11(9)13/h2-5,10H,6-8,14H2,1H3,(H,15,16). The molecular weight excluding hydrogens is 240 g/mol. The fourth-order valence-electron chi connectivity index (χ4n) is 1.38. The van der Waals surface area contributed by atoms with Gasteiger partial charge in [0.1, 0.15) is 0 Å². The summed E-state index contributed by atoms with van der Waals surface area (Å²) in [6, 6.07) is 7.40. The molecule has 3 N–H and O–H groups in total. The van der Waals surface area contributed by atoms with Crippen LogP contribution in [0.1, 0.15) is 12.0 Å². The van der Waals surface area contributed by atoms with Crippen molar-refractivity contribution < 1.29 is 9.53 Å². The Hall–Kier alpha value is -1.10. The van der Waals surface area contributed by atoms with Gasteiger partial charge in [-0.05, 0) is 11.6 Å². The molecule has 4 nitrogen and oxygen atoms in total. The van der Waals surface area contributed by atoms with E-state index in [1.807, 2.05) is 18.2 Å². The van der Waals surface area contributed by atoms with Gasteiger partial charge in [-0.3, -0.25) is 4.79 Å². The molecule has 0 fully saturated rings. The second-order valence-electron chi connectivity index (χ2n) is 3.67. The number of nitrogens with two attached hydrogens (primary N) is 1. The SMILES string of the molecule is COC(CN)CC(=O)NCc1ccccc1Cl. The van der Waals surface area contributed by atoms with Gasteiger partial charge >= 0.3 is 0 Å². The largest absolute Gasteiger partial charge is 0.380 e. The van der Waals surface area contributed by atoms with Crippen molar-refractivity contribution in [1.29, 1.82) is 0 Å². The van der Waals surface area contributed by atoms with Crippen molar-refractivity contribution in [2.24, 2.45) is 5.73 Å². The molecule has 1 amide bonds. The van der Waals surface area contributed by atoms with Crippen molar-refractivity contribution in [2.45, 2.75) is 19.1 Å². The van der Waals surface area contributed by atoms with Gasteiger partial charge in [0, 0.05) is 25.2 Å². The molecule has 0 aromatic heterocycles. The summed E-state index contributed by atoms with van der Waals surface area (Å²) < 4.78 is 5.03. The highest BCUT2D eigenvalue weighted by atomic mass is 35.5. The average Bonchev–Trinajstić information content (AvgIpc) is 2.35. The number of carbonyl (C=O) groups is 1. The summed E-state index contributed by atoms with van der Waals surface area (Å²) in [6.45, 7) is 0.746. The molecule has 5 heteroatoms. The molecule has 1 aromatic rings. The number of hydrogen-bond acceptors (Lipinski definition) is 3. The van der Waals surface area contributed by atoms with Crippen LogP contribution in [0.25, 0.3) is 0 Å². The van der Waals surface area contributed by atoms with Crippen LogP contribution in [0.15, 0.2) is 24.3 Å². The van der Waals surface area contributed by atoms with Gasteiger partial charge in [-0.25, -0.2) is 0 Å². The number of halogens is 1. The molecule has 0 saturated carbocycles. The summed E-state index contributed by atoms with van der Waals surface area (Å²) in [4.78, 5) is 11.6. The van der Waals surface area contributed by atoms with Crippen LogP contribution in [0.3, 0.4) is 0 Å². The van der Waals surface area contributed by atoms with E-state index in [2.05, 4.69) is 5.32 Å². The van der Waals surface area contributed by atoms with Crippen LogP contribution in [0.2, 0.25) is 5.02 Å². The first-order valence-corrected chi connectivity index (χ1v) is 5.78. The molecular formula is C12H17ClN2O2. The van der Waals surface area contributed by atoms with Gasteiger partial charge in [0.2, 0.25) is 5.91 Å². The summed E-state index contributed by atoms with van der Waals surface area (Å²) in [5.41, 5.74) is 6.33. The van der Waals surface area contributed by atoms with E-state index < -0.39 is 0 Å². The van der Waals surface area contributed by atoms with E-state index in [4.69, 9.17) is 22.1 Å². The third-order valence-corrected chi connectivity index (χ3v) is 2.81. The summed E-state index contributed by atoms with van der Waals surface area (Å²) >= 11 is 5.97. The highest BCUT2D eigenvalue weighted by Gasteiger charge is 2.11. The van der Waals surface area contributed by atoms with Crippen LogP contribution < -0.4 is 11.1 Å². The predicted molar refractivity (Wildman–Crippen MR) is 67.8 cm³/mol. The van der Waals surface area contributed by atoms with Crippen LogP contribution >= 0.6 is 11.6 Å². The number of carbonyl (C=O) groups excluding carboxylic acids is 1. The van der Waals surface area contributed by atoms with Gasteiger partial charge in [-0.1, -0.05) is 29.8 Å². The Labute approximate surface area is 106 Å². The van der Waals surface area contributed by atoms with Gasteiger partial charge in [0.25, 0.3) is 0 Å². The lowest BCUT2D eigenvalue weighted by atomic mass is 10.2. The highest BCUT2D eigenvalue weighted by Crippen LogP contribution is 2.14. The quantitative estimate of drug-likeness (QED) is 0.807. The Kier molecular flexibility index (Phi) is 5.97. The first kappa shape index (κ1) is 14.0. The average molecular weight is 257 g/mol. The Morgan fingerprint density at radius 1 is 1.53 bits per heavy atom. The monoisotopic (exact) mass is 256 g/mol. The molecule has 0 aliphatic rings. The maximum Gasteiger partial charge on any atom is 0.222 e. The molecule has 1 aromatic carbocycles. The summed E-state index contributed by atoms with van der Waals surface area (Å²) in [6.07, 6.45) is 0.0264. The van der Waals surface area contributed by atoms with E-state index in [9.17, 15) is 4.79 Å². The van der Waals surface area contributed by atoms with Crippen molar-refractivity contribution in [3.8, 4) is 0 Å². The minimum atomic E-state index is -0.235. The molecule has 0 saturated heterocycles. The van der Waals surface area contributed by atoms with E-state index in [0.29, 0.717) is 18.1 Å². The van der Waals surface area contributed by atoms with E-state index in [1.165, 1.54) is 0 Å². The summed E-state index contributed by atoms with van der Waals surface area (Å²) in [7, 11) is 1.54. The van der Waals surface area contributed by atoms with Crippen molar-refractivity contribution in [3.63, 3.8) is 0 Å². The van der Waals surface area contributed by atoms with Gasteiger partial charge < -0.3 is 15.8 Å². The van der Waals surface area contributed by atoms with Gasteiger partial charge in [-0.15, -0.1) is 0 Å². The lowest BCUT2D eigenvalue weighted by molar-refractivity contribution is -0.123. The first-order chi connectivity index (χ1) is 8.17. The Bertz CT molecular complexity index is 367. The zero-order chi connectivity index (χ0) is 12.7. The molecule has 0 spiro atoms. The first-order valence-electron chi connectivity index (χ1n) is 5.40. The van der Waals surface area contributed by atoms with Crippen LogP contribution in [0.5, 0.6) is 0 Å². The van der Waals surface area contributed by atoms with Crippen LogP contribution in [0.4, 0.5) is 0 Å². The zero-order valence-electron chi connectivity index (χ0n) is 9.78. The van der Waals surface area contributed by atoms with Gasteiger partial charge in [0.05, 0.1) is 12.5 Å². The fourth-order valence-corrected chi connectivity index (χ4v) is 1.58. The molecule has 0 aliphatic heterocycles. The fraction of sp³-hybridized carbons (Fsp3) is 0.417. The molecule has 1 unspecified atom stereocenters. The predicted octanol–water partition coefficient (Wildman–Crippen LogP) is 1.32. The highest BCUT2D eigenvalue weighted by molar-refractivity contribution is 6.31. The molecule has 0 heterocycles. The number of benzene rings is 1.